The molecule has 1 aliphatic rings. The van der Waals surface area contributed by atoms with Crippen LogP contribution in [-0.4, -0.2) is 28.7 Å². The van der Waals surface area contributed by atoms with Gasteiger partial charge in [0.15, 0.2) is 0 Å². The highest BCUT2D eigenvalue weighted by atomic mass is 16.2. The molecule has 1 N–H and O–H groups in total. The summed E-state index contributed by atoms with van der Waals surface area (Å²) in [4.78, 5) is 26.5. The fourth-order valence-electron chi connectivity index (χ4n) is 1.31. The van der Waals surface area contributed by atoms with Crippen molar-refractivity contribution in [2.45, 2.75) is 6.42 Å². The van der Waals surface area contributed by atoms with Gasteiger partial charge in [-0.05, 0) is 6.07 Å². The number of imide groups is 1. The van der Waals surface area contributed by atoms with Crippen LogP contribution < -0.4 is 0 Å². The van der Waals surface area contributed by atoms with Crippen molar-refractivity contribution in [3.8, 4) is 0 Å². The first-order valence-corrected chi connectivity index (χ1v) is 3.67. The first-order chi connectivity index (χ1) is 5.70. The minimum Gasteiger partial charge on any atom is -0.364 e. The zero-order chi connectivity index (χ0) is 8.72. The van der Waals surface area contributed by atoms with Crippen LogP contribution in [0, 0.1) is 0 Å². The highest BCUT2D eigenvalue weighted by Crippen LogP contribution is 2.16. The predicted octanol–water partition coefficient (Wildman–Crippen LogP) is 0.169. The monoisotopic (exact) mass is 164 g/mol. The molecule has 0 radical (unpaired) electrons. The molecule has 2 amide bonds. The molecule has 0 aliphatic carbocycles. The van der Waals surface area contributed by atoms with E-state index in [1.54, 1.807) is 12.3 Å². The molecule has 12 heavy (non-hydrogen) atoms. The largest absolute Gasteiger partial charge is 0.364 e. The summed E-state index contributed by atoms with van der Waals surface area (Å²) >= 11 is 0. The van der Waals surface area contributed by atoms with Crippen LogP contribution in [0.1, 0.15) is 16.1 Å². The second-order valence-corrected chi connectivity index (χ2v) is 2.80. The van der Waals surface area contributed by atoms with Crippen LogP contribution in [0.2, 0.25) is 0 Å². The lowest BCUT2D eigenvalue weighted by atomic mass is 10.1. The number of aromatic nitrogens is 1. The van der Waals surface area contributed by atoms with Crippen LogP contribution in [0.3, 0.4) is 0 Å². The summed E-state index contributed by atoms with van der Waals surface area (Å²) < 4.78 is 0. The van der Waals surface area contributed by atoms with Crippen LogP contribution in [0.5, 0.6) is 0 Å². The van der Waals surface area contributed by atoms with Gasteiger partial charge in [0, 0.05) is 18.9 Å². The van der Waals surface area contributed by atoms with Crippen molar-refractivity contribution < 1.29 is 9.59 Å². The number of nitrogens with zero attached hydrogens (tertiary/aromatic N) is 1. The number of amides is 2. The number of carbonyl (C=O) groups excluding carboxylic acids is 2. The summed E-state index contributed by atoms with van der Waals surface area (Å²) in [5.41, 5.74) is 1.33. The summed E-state index contributed by atoms with van der Waals surface area (Å²) in [7, 11) is 1.50. The predicted molar refractivity (Wildman–Crippen MR) is 41.6 cm³/mol. The number of rotatable bonds is 0. The summed E-state index contributed by atoms with van der Waals surface area (Å²) in [6.45, 7) is 0. The van der Waals surface area contributed by atoms with Crippen LogP contribution in [0.15, 0.2) is 12.3 Å². The molecule has 0 spiro atoms. The zero-order valence-corrected chi connectivity index (χ0v) is 6.63. The van der Waals surface area contributed by atoms with E-state index in [1.165, 1.54) is 7.05 Å². The molecule has 4 nitrogen and oxygen atoms in total. The van der Waals surface area contributed by atoms with Crippen molar-refractivity contribution in [3.05, 3.63) is 23.5 Å². The molecule has 0 fully saturated rings. The van der Waals surface area contributed by atoms with Gasteiger partial charge in [-0.25, -0.2) is 0 Å². The number of fused-ring (bicyclic) bond motifs is 1. The number of carbonyl (C=O) groups is 2. The maximum atomic E-state index is 11.4. The van der Waals surface area contributed by atoms with E-state index in [4.69, 9.17) is 0 Å². The van der Waals surface area contributed by atoms with Crippen LogP contribution in [-0.2, 0) is 11.2 Å². The minimum absolute atomic E-state index is 0.157. The Hall–Kier alpha value is -1.58. The molecule has 2 heterocycles. The fourth-order valence-corrected chi connectivity index (χ4v) is 1.31. The lowest BCUT2D eigenvalue weighted by Gasteiger charge is -2.20. The second kappa shape index (κ2) is 2.20. The van der Waals surface area contributed by atoms with Gasteiger partial charge < -0.3 is 4.98 Å². The van der Waals surface area contributed by atoms with Crippen LogP contribution in [0.25, 0.3) is 0 Å². The Morgan fingerprint density at radius 1 is 1.50 bits per heavy atom. The van der Waals surface area contributed by atoms with E-state index < -0.39 is 0 Å². The van der Waals surface area contributed by atoms with Crippen molar-refractivity contribution in [2.75, 3.05) is 7.05 Å². The van der Waals surface area contributed by atoms with Gasteiger partial charge in [-0.1, -0.05) is 0 Å². The fraction of sp³-hybridized carbons (Fsp3) is 0.250. The molecule has 0 aromatic carbocycles. The minimum atomic E-state index is -0.220. The van der Waals surface area contributed by atoms with E-state index in [2.05, 4.69) is 4.98 Å². The van der Waals surface area contributed by atoms with Crippen molar-refractivity contribution in [2.24, 2.45) is 0 Å². The molecule has 2 rings (SSSR count). The third kappa shape index (κ3) is 0.777. The van der Waals surface area contributed by atoms with Crippen molar-refractivity contribution in [3.63, 3.8) is 0 Å². The van der Waals surface area contributed by atoms with Gasteiger partial charge >= 0.3 is 0 Å². The first-order valence-electron chi connectivity index (χ1n) is 3.67. The Labute approximate surface area is 69.2 Å². The maximum Gasteiger partial charge on any atom is 0.262 e. The number of H-pyrrole nitrogens is 1. The molecular formula is C8H8N2O2. The van der Waals surface area contributed by atoms with Gasteiger partial charge in [0.1, 0.15) is 0 Å². The number of hydrogen-bond donors (Lipinski definition) is 1. The lowest BCUT2D eigenvalue weighted by Crippen LogP contribution is -2.38. The van der Waals surface area contributed by atoms with Gasteiger partial charge in [0.2, 0.25) is 5.91 Å². The average Bonchev–Trinajstić information content (AvgIpc) is 2.48. The van der Waals surface area contributed by atoms with E-state index >= 15 is 0 Å². The Balaban J connectivity index is 2.53. The van der Waals surface area contributed by atoms with Gasteiger partial charge in [0.25, 0.3) is 5.91 Å². The smallest absolute Gasteiger partial charge is 0.262 e. The van der Waals surface area contributed by atoms with Gasteiger partial charge in [-0.2, -0.15) is 0 Å². The second-order valence-electron chi connectivity index (χ2n) is 2.80. The SMILES string of the molecule is CN1C(=O)Cc2[nH]ccc2C1=O. The summed E-state index contributed by atoms with van der Waals surface area (Å²) in [5.74, 6) is -0.377. The molecule has 1 aliphatic heterocycles. The molecule has 1 aromatic rings. The molecule has 62 valence electrons. The molecule has 1 aromatic heterocycles. The van der Waals surface area contributed by atoms with E-state index in [1.807, 2.05) is 0 Å². The first kappa shape index (κ1) is 7.09. The number of likely N-dealkylation sites (N-methyl/N-ethyl adjacent to an activating group) is 1. The Kier molecular flexibility index (Phi) is 1.30. The van der Waals surface area contributed by atoms with E-state index in [-0.39, 0.29) is 11.8 Å². The van der Waals surface area contributed by atoms with E-state index in [9.17, 15) is 9.59 Å². The van der Waals surface area contributed by atoms with Crippen molar-refractivity contribution in [1.82, 2.24) is 9.88 Å². The Bertz CT molecular complexity index is 354. The highest BCUT2D eigenvalue weighted by molar-refractivity contribution is 6.09. The third-order valence-corrected chi connectivity index (χ3v) is 2.07. The molecular weight excluding hydrogens is 156 g/mol. The molecule has 0 unspecified atom stereocenters. The van der Waals surface area contributed by atoms with E-state index in [0.717, 1.165) is 10.6 Å². The standard InChI is InChI=1S/C8H8N2O2/c1-10-7(11)4-6-5(8(10)12)2-3-9-6/h2-3,9H,4H2,1H3. The molecule has 4 heteroatoms. The van der Waals surface area contributed by atoms with Crippen molar-refractivity contribution >= 4 is 11.8 Å². The Morgan fingerprint density at radius 2 is 2.25 bits per heavy atom. The van der Waals surface area contributed by atoms with Crippen LogP contribution >= 0.6 is 0 Å². The van der Waals surface area contributed by atoms with E-state index in [0.29, 0.717) is 12.0 Å². The Morgan fingerprint density at radius 3 is 3.00 bits per heavy atom. The van der Waals surface area contributed by atoms with Gasteiger partial charge in [0.05, 0.1) is 12.0 Å². The number of hydrogen-bond acceptors (Lipinski definition) is 2. The van der Waals surface area contributed by atoms with Gasteiger partial charge in [-0.15, -0.1) is 0 Å². The quantitative estimate of drug-likeness (QED) is 0.556. The lowest BCUT2D eigenvalue weighted by molar-refractivity contribution is -0.127. The highest BCUT2D eigenvalue weighted by Gasteiger charge is 2.28. The summed E-state index contributed by atoms with van der Waals surface area (Å²) in [5, 5.41) is 0. The molecule has 0 bridgehead atoms. The summed E-state index contributed by atoms with van der Waals surface area (Å²) in [6.07, 6.45) is 1.97. The number of nitrogens with one attached hydrogen (secondary N) is 1. The topological polar surface area (TPSA) is 53.2 Å². The molecule has 0 saturated carbocycles. The molecule has 0 saturated heterocycles. The normalized spacial score (nSPS) is 16.6. The van der Waals surface area contributed by atoms with Crippen LogP contribution in [0.4, 0.5) is 0 Å². The molecule has 0 atom stereocenters. The zero-order valence-electron chi connectivity index (χ0n) is 6.63. The summed E-state index contributed by atoms with van der Waals surface area (Å²) in [6, 6.07) is 1.70. The van der Waals surface area contributed by atoms with Gasteiger partial charge in [-0.3, -0.25) is 14.5 Å². The number of aromatic amines is 1. The third-order valence-electron chi connectivity index (χ3n) is 2.07. The maximum absolute atomic E-state index is 11.4. The average molecular weight is 164 g/mol. The van der Waals surface area contributed by atoms with Crippen molar-refractivity contribution in [1.29, 1.82) is 0 Å².